The van der Waals surface area contributed by atoms with Crippen LogP contribution in [-0.2, 0) is 9.59 Å². The van der Waals surface area contributed by atoms with Crippen molar-refractivity contribution < 1.29 is 19.5 Å². The molecule has 7 nitrogen and oxygen atoms in total. The number of carboxylic acid groups (broad SMARTS) is 1. The number of nitrogens with one attached hydrogen (secondary N) is 2. The maximum Gasteiger partial charge on any atom is 0.315 e. The average Bonchev–Trinajstić information content (AvgIpc) is 2.65. The first-order valence-electron chi connectivity index (χ1n) is 10.6. The normalized spacial score (nSPS) is 23.7. The molecule has 0 bridgehead atoms. The number of carbonyl (C=O) groups excluding carboxylic acids is 2. The van der Waals surface area contributed by atoms with Gasteiger partial charge in [-0.05, 0) is 45.4 Å². The van der Waals surface area contributed by atoms with Gasteiger partial charge in [-0.3, -0.25) is 9.59 Å². The summed E-state index contributed by atoms with van der Waals surface area (Å²) in [5, 5.41) is 15.2. The summed E-state index contributed by atoms with van der Waals surface area (Å²) >= 11 is 0. The van der Waals surface area contributed by atoms with Crippen LogP contribution in [0.5, 0.6) is 0 Å². The number of aliphatic carboxylic acids is 1. The summed E-state index contributed by atoms with van der Waals surface area (Å²) < 4.78 is 0. The molecular weight excluding hydrogens is 346 g/mol. The van der Waals surface area contributed by atoms with Crippen LogP contribution in [0.15, 0.2) is 0 Å². The van der Waals surface area contributed by atoms with Gasteiger partial charge >= 0.3 is 12.0 Å². The monoisotopic (exact) mass is 381 g/mol. The highest BCUT2D eigenvalue weighted by atomic mass is 16.4. The third kappa shape index (κ3) is 7.03. The fourth-order valence-corrected chi connectivity index (χ4v) is 4.23. The Morgan fingerprint density at radius 1 is 1.00 bits per heavy atom. The number of rotatable bonds is 8. The minimum absolute atomic E-state index is 0.0523. The summed E-state index contributed by atoms with van der Waals surface area (Å²) in [5.74, 6) is -1.20. The molecule has 0 unspecified atom stereocenters. The molecule has 1 aliphatic heterocycles. The number of nitrogens with zero attached hydrogens (tertiary/aromatic N) is 1. The van der Waals surface area contributed by atoms with Crippen LogP contribution >= 0.6 is 0 Å². The molecule has 3 amide bonds. The molecule has 2 aliphatic rings. The molecule has 1 saturated heterocycles. The SMILES string of the molecule is C[C@@H]1[C@H](C(=O)O)CCCN1C(=O)CCCCCNC(=O)NC1CCCCC1. The number of urea groups is 1. The Morgan fingerprint density at radius 3 is 2.44 bits per heavy atom. The second kappa shape index (κ2) is 11.1. The number of likely N-dealkylation sites (tertiary alicyclic amines) is 1. The van der Waals surface area contributed by atoms with E-state index < -0.39 is 11.9 Å². The molecule has 7 heteroatoms. The molecule has 2 fully saturated rings. The van der Waals surface area contributed by atoms with Crippen molar-refractivity contribution in [1.82, 2.24) is 15.5 Å². The Hall–Kier alpha value is -1.79. The number of unbranched alkanes of at least 4 members (excludes halogenated alkanes) is 2. The summed E-state index contributed by atoms with van der Waals surface area (Å²) in [6.45, 7) is 3.12. The van der Waals surface area contributed by atoms with E-state index in [0.717, 1.165) is 38.5 Å². The molecule has 0 aromatic heterocycles. The van der Waals surface area contributed by atoms with Crippen molar-refractivity contribution in [2.75, 3.05) is 13.1 Å². The summed E-state index contributed by atoms with van der Waals surface area (Å²) in [4.78, 5) is 37.2. The maximum absolute atomic E-state index is 12.4. The lowest BCUT2D eigenvalue weighted by atomic mass is 9.90. The van der Waals surface area contributed by atoms with E-state index in [1.54, 1.807) is 4.90 Å². The van der Waals surface area contributed by atoms with Gasteiger partial charge in [-0.2, -0.15) is 0 Å². The van der Waals surface area contributed by atoms with Crippen LogP contribution in [-0.4, -0.2) is 53.1 Å². The average molecular weight is 382 g/mol. The summed E-state index contributed by atoms with van der Waals surface area (Å²) in [6.07, 6.45) is 10.2. The van der Waals surface area contributed by atoms with Gasteiger partial charge in [0.1, 0.15) is 0 Å². The highest BCUT2D eigenvalue weighted by Gasteiger charge is 2.34. The van der Waals surface area contributed by atoms with Crippen LogP contribution in [0.4, 0.5) is 4.79 Å². The van der Waals surface area contributed by atoms with Crippen LogP contribution in [0.25, 0.3) is 0 Å². The maximum atomic E-state index is 12.4. The summed E-state index contributed by atoms with van der Waals surface area (Å²) in [5.41, 5.74) is 0. The van der Waals surface area contributed by atoms with Crippen LogP contribution in [0, 0.1) is 5.92 Å². The molecule has 0 spiro atoms. The molecule has 1 saturated carbocycles. The summed E-state index contributed by atoms with van der Waals surface area (Å²) in [6, 6.07) is 0.00580. The fraction of sp³-hybridized carbons (Fsp3) is 0.850. The Labute approximate surface area is 162 Å². The van der Waals surface area contributed by atoms with Crippen molar-refractivity contribution in [3.8, 4) is 0 Å². The third-order valence-electron chi connectivity index (χ3n) is 5.92. The van der Waals surface area contributed by atoms with Gasteiger partial charge in [-0.25, -0.2) is 4.79 Å². The van der Waals surface area contributed by atoms with E-state index in [-0.39, 0.29) is 18.0 Å². The third-order valence-corrected chi connectivity index (χ3v) is 5.92. The second-order valence-electron chi connectivity index (χ2n) is 7.96. The highest BCUT2D eigenvalue weighted by molar-refractivity contribution is 5.78. The molecule has 0 radical (unpaired) electrons. The van der Waals surface area contributed by atoms with Gasteiger partial charge in [0.05, 0.1) is 5.92 Å². The first kappa shape index (κ1) is 21.5. The lowest BCUT2D eigenvalue weighted by molar-refractivity contribution is -0.149. The van der Waals surface area contributed by atoms with Gasteiger partial charge in [0.2, 0.25) is 5.91 Å². The highest BCUT2D eigenvalue weighted by Crippen LogP contribution is 2.24. The number of amides is 3. The molecule has 3 N–H and O–H groups in total. The van der Waals surface area contributed by atoms with Crippen LogP contribution in [0.2, 0.25) is 0 Å². The number of piperidine rings is 1. The van der Waals surface area contributed by atoms with Crippen molar-refractivity contribution in [3.63, 3.8) is 0 Å². The first-order chi connectivity index (χ1) is 13.0. The van der Waals surface area contributed by atoms with Gasteiger partial charge in [0.15, 0.2) is 0 Å². The van der Waals surface area contributed by atoms with Gasteiger partial charge in [-0.1, -0.05) is 25.7 Å². The predicted octanol–water partition coefficient (Wildman–Crippen LogP) is 2.89. The zero-order chi connectivity index (χ0) is 19.6. The van der Waals surface area contributed by atoms with Crippen LogP contribution < -0.4 is 10.6 Å². The lowest BCUT2D eigenvalue weighted by Gasteiger charge is -2.37. The van der Waals surface area contributed by atoms with Crippen LogP contribution in [0.1, 0.15) is 77.6 Å². The number of carboxylic acids is 1. The molecule has 0 aromatic rings. The van der Waals surface area contributed by atoms with E-state index in [2.05, 4.69) is 10.6 Å². The Kier molecular flexibility index (Phi) is 8.88. The topological polar surface area (TPSA) is 98.7 Å². The van der Waals surface area contributed by atoms with Crippen molar-refractivity contribution >= 4 is 17.9 Å². The first-order valence-corrected chi connectivity index (χ1v) is 10.6. The molecule has 154 valence electrons. The number of hydrogen-bond acceptors (Lipinski definition) is 3. The van der Waals surface area contributed by atoms with E-state index in [9.17, 15) is 19.5 Å². The molecule has 27 heavy (non-hydrogen) atoms. The van der Waals surface area contributed by atoms with E-state index >= 15 is 0 Å². The Bertz CT molecular complexity index is 505. The Balaban J connectivity index is 1.55. The van der Waals surface area contributed by atoms with Gasteiger partial charge in [-0.15, -0.1) is 0 Å². The minimum Gasteiger partial charge on any atom is -0.481 e. The van der Waals surface area contributed by atoms with Crippen molar-refractivity contribution in [2.24, 2.45) is 5.92 Å². The van der Waals surface area contributed by atoms with Gasteiger partial charge in [0, 0.05) is 31.6 Å². The van der Waals surface area contributed by atoms with E-state index in [4.69, 9.17) is 0 Å². The fourth-order valence-electron chi connectivity index (χ4n) is 4.23. The van der Waals surface area contributed by atoms with E-state index in [0.29, 0.717) is 32.0 Å². The van der Waals surface area contributed by atoms with Crippen LogP contribution in [0.3, 0.4) is 0 Å². The van der Waals surface area contributed by atoms with E-state index in [1.807, 2.05) is 6.92 Å². The molecule has 2 atom stereocenters. The van der Waals surface area contributed by atoms with E-state index in [1.165, 1.54) is 19.3 Å². The van der Waals surface area contributed by atoms with Crippen molar-refractivity contribution in [2.45, 2.75) is 89.6 Å². The Morgan fingerprint density at radius 2 is 1.74 bits per heavy atom. The number of carbonyl (C=O) groups is 3. The second-order valence-corrected chi connectivity index (χ2v) is 7.96. The molecular formula is C20H35N3O4. The van der Waals surface area contributed by atoms with Crippen molar-refractivity contribution in [1.29, 1.82) is 0 Å². The zero-order valence-corrected chi connectivity index (χ0v) is 16.5. The molecule has 0 aromatic carbocycles. The number of hydrogen-bond donors (Lipinski definition) is 3. The largest absolute Gasteiger partial charge is 0.481 e. The summed E-state index contributed by atoms with van der Waals surface area (Å²) in [7, 11) is 0. The smallest absolute Gasteiger partial charge is 0.315 e. The van der Waals surface area contributed by atoms with Crippen molar-refractivity contribution in [3.05, 3.63) is 0 Å². The van der Waals surface area contributed by atoms with Gasteiger partial charge < -0.3 is 20.6 Å². The zero-order valence-electron chi connectivity index (χ0n) is 16.5. The molecule has 1 heterocycles. The molecule has 1 aliphatic carbocycles. The van der Waals surface area contributed by atoms with Gasteiger partial charge in [0.25, 0.3) is 0 Å². The lowest BCUT2D eigenvalue weighted by Crippen LogP contribution is -2.49. The quantitative estimate of drug-likeness (QED) is 0.563. The standard InChI is InChI=1S/C20H35N3O4/c1-15-17(19(25)26)11-8-14-23(15)18(24)12-6-3-7-13-21-20(27)22-16-9-4-2-5-10-16/h15-17H,2-14H2,1H3,(H,25,26)(H2,21,22,27)/t15-,17-/m1/s1. The molecule has 2 rings (SSSR count). The minimum atomic E-state index is -0.808. The predicted molar refractivity (Wildman–Crippen MR) is 103 cm³/mol.